The number of hydrogen-bond donors (Lipinski definition) is 0. The molecule has 0 fully saturated rings. The molecule has 0 saturated carbocycles. The normalized spacial score (nSPS) is 13.8. The molecule has 6 nitrogen and oxygen atoms in total. The van der Waals surface area contributed by atoms with Crippen LogP contribution in [0.15, 0.2) is 30.3 Å². The topological polar surface area (TPSA) is 77.1 Å². The number of nitriles is 1. The van der Waals surface area contributed by atoms with Crippen LogP contribution in [0.2, 0.25) is 0 Å². The molecule has 1 heterocycles. The average molecular weight is 438 g/mol. The number of carbonyl (C=O) groups is 1. The first-order valence-electron chi connectivity index (χ1n) is 10.9. The Morgan fingerprint density at radius 1 is 1.16 bits per heavy atom. The summed E-state index contributed by atoms with van der Waals surface area (Å²) in [5.74, 6) is -0.0187. The van der Waals surface area contributed by atoms with Crippen LogP contribution in [-0.4, -0.2) is 22.0 Å². The predicted octanol–water partition coefficient (Wildman–Crippen LogP) is 5.76. The number of rotatable bonds is 7. The highest BCUT2D eigenvalue weighted by atomic mass is 16.7. The van der Waals surface area contributed by atoms with Crippen molar-refractivity contribution in [3.63, 3.8) is 0 Å². The van der Waals surface area contributed by atoms with E-state index in [9.17, 15) is 10.1 Å². The Balaban J connectivity index is 2.52. The lowest BCUT2D eigenvalue weighted by Gasteiger charge is -2.25. The molecular weight excluding hydrogens is 402 g/mol. The van der Waals surface area contributed by atoms with Crippen molar-refractivity contribution in [3.05, 3.63) is 52.8 Å². The summed E-state index contributed by atoms with van der Waals surface area (Å²) < 4.78 is 13.3. The second-order valence-electron chi connectivity index (χ2n) is 9.77. The molecule has 1 aromatic carbocycles. The molecule has 0 aliphatic heterocycles. The first-order chi connectivity index (χ1) is 14.8. The van der Waals surface area contributed by atoms with Crippen LogP contribution in [0.1, 0.15) is 77.4 Å². The van der Waals surface area contributed by atoms with Crippen molar-refractivity contribution >= 4 is 17.3 Å². The van der Waals surface area contributed by atoms with Crippen molar-refractivity contribution in [1.29, 1.82) is 5.26 Å². The smallest absolute Gasteiger partial charge is 0.314 e. The van der Waals surface area contributed by atoms with Gasteiger partial charge in [-0.05, 0) is 49.8 Å². The summed E-state index contributed by atoms with van der Waals surface area (Å²) in [5.41, 5.74) is 3.06. The van der Waals surface area contributed by atoms with Crippen LogP contribution in [0.4, 0.5) is 0 Å². The van der Waals surface area contributed by atoms with Gasteiger partial charge >= 0.3 is 5.97 Å². The first-order valence-corrected chi connectivity index (χ1v) is 10.9. The van der Waals surface area contributed by atoms with Crippen LogP contribution < -0.4 is 0 Å². The maximum absolute atomic E-state index is 12.5. The van der Waals surface area contributed by atoms with Crippen molar-refractivity contribution in [2.24, 2.45) is 12.5 Å². The lowest BCUT2D eigenvalue weighted by atomic mass is 9.86. The number of hydrogen-bond acceptors (Lipinski definition) is 5. The van der Waals surface area contributed by atoms with E-state index in [2.05, 4.69) is 31.9 Å². The van der Waals surface area contributed by atoms with Gasteiger partial charge in [-0.2, -0.15) is 10.4 Å². The molecule has 2 aromatic rings. The number of allylic oxidation sites excluding steroid dienone is 1. The summed E-state index contributed by atoms with van der Waals surface area (Å²) in [6.07, 6.45) is -0.234. The van der Waals surface area contributed by atoms with Crippen molar-refractivity contribution in [2.45, 2.75) is 73.5 Å². The highest BCUT2D eigenvalue weighted by molar-refractivity contribution is 5.94. The molecule has 0 aliphatic rings. The van der Waals surface area contributed by atoms with Crippen molar-refractivity contribution in [2.75, 3.05) is 0 Å². The van der Waals surface area contributed by atoms with Crippen molar-refractivity contribution in [3.8, 4) is 6.07 Å². The number of ether oxygens (including phenoxy) is 2. The molecule has 0 amide bonds. The Morgan fingerprint density at radius 2 is 1.75 bits per heavy atom. The fraction of sp³-hybridized carbons (Fsp3) is 0.500. The van der Waals surface area contributed by atoms with Gasteiger partial charge in [-0.1, -0.05) is 52.0 Å². The van der Waals surface area contributed by atoms with Gasteiger partial charge in [0.15, 0.2) is 5.76 Å². The van der Waals surface area contributed by atoms with Gasteiger partial charge < -0.3 is 9.47 Å². The lowest BCUT2D eigenvalue weighted by Crippen LogP contribution is -2.30. The lowest BCUT2D eigenvalue weighted by molar-refractivity contribution is -0.174. The van der Waals surface area contributed by atoms with Crippen LogP contribution in [-0.2, 0) is 26.7 Å². The molecule has 172 valence electrons. The summed E-state index contributed by atoms with van der Waals surface area (Å²) in [5, 5.41) is 14.5. The number of aromatic nitrogens is 2. The molecule has 0 bridgehead atoms. The summed E-state index contributed by atoms with van der Waals surface area (Å²) in [7, 11) is 1.79. The largest absolute Gasteiger partial charge is 0.451 e. The Labute approximate surface area is 191 Å². The molecule has 2 rings (SSSR count). The number of carbonyl (C=O) groups excluding carboxylic acids is 1. The van der Waals surface area contributed by atoms with Gasteiger partial charge in [-0.3, -0.25) is 9.48 Å². The summed E-state index contributed by atoms with van der Waals surface area (Å²) in [6, 6.07) is 12.0. The van der Waals surface area contributed by atoms with E-state index in [0.717, 1.165) is 11.3 Å². The van der Waals surface area contributed by atoms with Crippen LogP contribution in [0.25, 0.3) is 11.3 Å². The maximum atomic E-state index is 12.5. The maximum Gasteiger partial charge on any atom is 0.314 e. The van der Waals surface area contributed by atoms with Crippen LogP contribution in [0.3, 0.4) is 0 Å². The number of esters is 1. The highest BCUT2D eigenvalue weighted by Crippen LogP contribution is 2.31. The van der Waals surface area contributed by atoms with Gasteiger partial charge in [0.25, 0.3) is 0 Å². The standard InChI is InChI=1S/C26H35N3O3/c1-10-26(7,8)24(30)32-18(3)31-23(22-15-17(2)28-29(22)9)21(16-27)19-11-13-20(14-12-19)25(4,5)6/h11-15,18H,10H2,1-9H3/b23-21-. The fourth-order valence-corrected chi connectivity index (χ4v) is 3.10. The third kappa shape index (κ3) is 5.79. The Kier molecular flexibility index (Phi) is 7.56. The van der Waals surface area contributed by atoms with Gasteiger partial charge in [0.05, 0.1) is 11.1 Å². The summed E-state index contributed by atoms with van der Waals surface area (Å²) in [4.78, 5) is 12.5. The molecule has 0 aliphatic carbocycles. The van der Waals surface area contributed by atoms with E-state index in [1.165, 1.54) is 5.56 Å². The van der Waals surface area contributed by atoms with E-state index in [-0.39, 0.29) is 11.4 Å². The average Bonchev–Trinajstić information content (AvgIpc) is 3.05. The SMILES string of the molecule is CCC(C)(C)C(=O)OC(C)O/C(=C(/C#N)c1ccc(C(C)(C)C)cc1)c1cc(C)nn1C. The Hall–Kier alpha value is -3.07. The second kappa shape index (κ2) is 9.60. The summed E-state index contributed by atoms with van der Waals surface area (Å²) >= 11 is 0. The molecule has 0 saturated heterocycles. The minimum atomic E-state index is -0.879. The molecule has 32 heavy (non-hydrogen) atoms. The number of aryl methyl sites for hydroxylation is 2. The van der Waals surface area contributed by atoms with Gasteiger partial charge in [-0.15, -0.1) is 0 Å². The van der Waals surface area contributed by atoms with E-state index in [4.69, 9.17) is 9.47 Å². The van der Waals surface area contributed by atoms with E-state index >= 15 is 0 Å². The van der Waals surface area contributed by atoms with Gasteiger partial charge in [-0.25, -0.2) is 0 Å². The first kappa shape index (κ1) is 25.2. The second-order valence-corrected chi connectivity index (χ2v) is 9.77. The number of nitrogens with zero attached hydrogens (tertiary/aromatic N) is 3. The quantitative estimate of drug-likeness (QED) is 0.238. The molecule has 0 radical (unpaired) electrons. The molecule has 1 aromatic heterocycles. The molecule has 6 heteroatoms. The van der Waals surface area contributed by atoms with Crippen molar-refractivity contribution < 1.29 is 14.3 Å². The van der Waals surface area contributed by atoms with E-state index in [0.29, 0.717) is 23.4 Å². The summed E-state index contributed by atoms with van der Waals surface area (Å²) in [6.45, 7) is 15.6. The Bertz CT molecular complexity index is 1030. The molecule has 1 atom stereocenters. The van der Waals surface area contributed by atoms with E-state index < -0.39 is 11.7 Å². The van der Waals surface area contributed by atoms with E-state index in [1.54, 1.807) is 18.7 Å². The molecule has 0 spiro atoms. The van der Waals surface area contributed by atoms with Gasteiger partial charge in [0.1, 0.15) is 17.3 Å². The van der Waals surface area contributed by atoms with Crippen LogP contribution in [0, 0.1) is 23.7 Å². The van der Waals surface area contributed by atoms with Gasteiger partial charge in [0.2, 0.25) is 6.29 Å². The third-order valence-electron chi connectivity index (χ3n) is 5.61. The fourth-order valence-electron chi connectivity index (χ4n) is 3.10. The van der Waals surface area contributed by atoms with Crippen LogP contribution in [0.5, 0.6) is 0 Å². The Morgan fingerprint density at radius 3 is 2.19 bits per heavy atom. The van der Waals surface area contributed by atoms with E-state index in [1.807, 2.05) is 58.0 Å². The van der Waals surface area contributed by atoms with Gasteiger partial charge in [0, 0.05) is 14.0 Å². The highest BCUT2D eigenvalue weighted by Gasteiger charge is 2.30. The predicted molar refractivity (Wildman–Crippen MR) is 126 cm³/mol. The molecule has 1 unspecified atom stereocenters. The minimum absolute atomic E-state index is 0.00231. The van der Waals surface area contributed by atoms with Crippen LogP contribution >= 0.6 is 0 Å². The minimum Gasteiger partial charge on any atom is -0.451 e. The zero-order valence-electron chi connectivity index (χ0n) is 20.7. The molecule has 0 N–H and O–H groups in total. The molecular formula is C26H35N3O3. The monoisotopic (exact) mass is 437 g/mol. The zero-order valence-corrected chi connectivity index (χ0v) is 20.7. The number of benzene rings is 1. The van der Waals surface area contributed by atoms with Crippen molar-refractivity contribution in [1.82, 2.24) is 9.78 Å². The third-order valence-corrected chi connectivity index (χ3v) is 5.61. The zero-order chi connectivity index (χ0) is 24.3.